The topological polar surface area (TPSA) is 130 Å². The predicted molar refractivity (Wildman–Crippen MR) is 191 cm³/mol. The van der Waals surface area contributed by atoms with Gasteiger partial charge in [-0.05, 0) is 41.8 Å². The molecule has 4 aromatic rings. The van der Waals surface area contributed by atoms with E-state index in [1.165, 1.54) is 4.90 Å². The monoisotopic (exact) mass is 711 g/mol. The summed E-state index contributed by atoms with van der Waals surface area (Å²) in [6.45, 7) is 2.72. The molecule has 1 fully saturated rings. The molecule has 0 aromatic heterocycles. The maximum absolute atomic E-state index is 13.4. The summed E-state index contributed by atoms with van der Waals surface area (Å²) in [7, 11) is 0. The van der Waals surface area contributed by atoms with E-state index in [1.807, 2.05) is 67.6 Å². The van der Waals surface area contributed by atoms with Gasteiger partial charge in [0, 0.05) is 19.7 Å². The summed E-state index contributed by atoms with van der Waals surface area (Å²) in [5, 5.41) is 11.6. The Balaban J connectivity index is 1.37. The third-order valence-corrected chi connectivity index (χ3v) is 8.37. The van der Waals surface area contributed by atoms with Crippen LogP contribution in [0.4, 0.5) is 4.79 Å². The van der Waals surface area contributed by atoms with Gasteiger partial charge in [-0.2, -0.15) is 0 Å². The largest absolute Gasteiger partial charge is 0.452 e. The number of esters is 2. The normalized spacial score (nSPS) is 19.7. The molecule has 0 aliphatic carbocycles. The molecule has 1 aliphatic heterocycles. The Labute approximate surface area is 304 Å². The fourth-order valence-corrected chi connectivity index (χ4v) is 5.53. The summed E-state index contributed by atoms with van der Waals surface area (Å²) in [5.74, 6) is -1.46. The average molecular weight is 712 g/mol. The van der Waals surface area contributed by atoms with Gasteiger partial charge in [-0.3, -0.25) is 0 Å². The van der Waals surface area contributed by atoms with Crippen molar-refractivity contribution in [1.82, 2.24) is 4.90 Å². The van der Waals surface area contributed by atoms with E-state index in [1.54, 1.807) is 60.7 Å². The van der Waals surface area contributed by atoms with Gasteiger partial charge < -0.3 is 38.4 Å². The van der Waals surface area contributed by atoms with Gasteiger partial charge in [-0.1, -0.05) is 110 Å². The summed E-state index contributed by atoms with van der Waals surface area (Å²) in [6, 6.07) is 35.4. The molecule has 11 nitrogen and oxygen atoms in total. The molecule has 1 saturated heterocycles. The van der Waals surface area contributed by atoms with E-state index in [2.05, 4.69) is 0 Å². The zero-order valence-electron chi connectivity index (χ0n) is 29.2. The molecule has 1 N–H and O–H groups in total. The van der Waals surface area contributed by atoms with E-state index in [-0.39, 0.29) is 44.0 Å². The quantitative estimate of drug-likeness (QED) is 0.0768. The lowest BCUT2D eigenvalue weighted by Gasteiger charge is -2.43. The van der Waals surface area contributed by atoms with Crippen LogP contribution < -0.4 is 0 Å². The molecule has 2 unspecified atom stereocenters. The van der Waals surface area contributed by atoms with Gasteiger partial charge in [-0.15, -0.1) is 0 Å². The Morgan fingerprint density at radius 1 is 0.712 bits per heavy atom. The van der Waals surface area contributed by atoms with Crippen LogP contribution in [0.5, 0.6) is 0 Å². The molecule has 5 atom stereocenters. The van der Waals surface area contributed by atoms with E-state index >= 15 is 0 Å². The molecule has 0 spiro atoms. The molecule has 52 heavy (non-hydrogen) atoms. The molecule has 1 amide bonds. The number of benzene rings is 4. The first kappa shape index (κ1) is 38.2. The maximum Gasteiger partial charge on any atom is 0.410 e. The number of hydrogen-bond donors (Lipinski definition) is 1. The summed E-state index contributed by atoms with van der Waals surface area (Å²) in [6.07, 6.45) is -5.40. The van der Waals surface area contributed by atoms with Crippen molar-refractivity contribution in [2.24, 2.45) is 0 Å². The first-order valence-electron chi connectivity index (χ1n) is 17.5. The second kappa shape index (κ2) is 20.1. The summed E-state index contributed by atoms with van der Waals surface area (Å²) in [4.78, 5) is 41.6. The zero-order valence-corrected chi connectivity index (χ0v) is 29.2. The number of carbonyl (C=O) groups excluding carboxylic acids is 3. The number of ether oxygens (including phenoxy) is 6. The standard InChI is InChI=1S/C41H45NO10/c1-2-3-25-47-29-34-35(43)36(51-38(44)32-20-12-6-13-21-32)37(52-39(45)33-22-14-7-15-23-33)40(50-34)48-26-24-42(27-30-16-8-4-9-17-30)41(46)49-28-31-18-10-5-11-19-31/h4-23,34-37,40,43H,2-3,24-29H2,1H3/t34?,35-,36?,37+,40-/m1/s1. The van der Waals surface area contributed by atoms with E-state index in [9.17, 15) is 19.5 Å². The molecule has 274 valence electrons. The molecule has 0 radical (unpaired) electrons. The van der Waals surface area contributed by atoms with Crippen molar-refractivity contribution in [2.45, 2.75) is 63.6 Å². The highest BCUT2D eigenvalue weighted by atomic mass is 16.7. The fourth-order valence-electron chi connectivity index (χ4n) is 5.53. The van der Waals surface area contributed by atoms with Crippen LogP contribution in [0.2, 0.25) is 0 Å². The molecule has 11 heteroatoms. The van der Waals surface area contributed by atoms with Crippen LogP contribution in [0.25, 0.3) is 0 Å². The molecule has 0 saturated carbocycles. The fraction of sp³-hybridized carbons (Fsp3) is 0.341. The van der Waals surface area contributed by atoms with Crippen LogP contribution in [0, 0.1) is 0 Å². The SMILES string of the molecule is CCCCOCC1O[C@@H](OCCN(Cc2ccccc2)C(=O)OCc2ccccc2)[C@@H](OC(=O)c2ccccc2)C(OC(=O)c2ccccc2)[C@@H]1O. The lowest BCUT2D eigenvalue weighted by Crippen LogP contribution is -2.62. The number of nitrogens with zero attached hydrogens (tertiary/aromatic N) is 1. The summed E-state index contributed by atoms with van der Waals surface area (Å²) >= 11 is 0. The van der Waals surface area contributed by atoms with Crippen molar-refractivity contribution in [3.63, 3.8) is 0 Å². The number of amides is 1. The van der Waals surface area contributed by atoms with Gasteiger partial charge in [0.25, 0.3) is 0 Å². The van der Waals surface area contributed by atoms with Crippen molar-refractivity contribution >= 4 is 18.0 Å². The van der Waals surface area contributed by atoms with E-state index in [4.69, 9.17) is 28.4 Å². The minimum atomic E-state index is -1.44. The number of aliphatic hydroxyl groups is 1. The summed E-state index contributed by atoms with van der Waals surface area (Å²) in [5.41, 5.74) is 2.20. The smallest absolute Gasteiger partial charge is 0.410 e. The predicted octanol–water partition coefficient (Wildman–Crippen LogP) is 6.20. The molecule has 5 rings (SSSR count). The Kier molecular flexibility index (Phi) is 14.7. The minimum absolute atomic E-state index is 0.0360. The number of aliphatic hydroxyl groups excluding tert-OH is 1. The number of rotatable bonds is 17. The van der Waals surface area contributed by atoms with Crippen LogP contribution in [-0.4, -0.2) is 85.1 Å². The van der Waals surface area contributed by atoms with E-state index < -0.39 is 48.7 Å². The highest BCUT2D eigenvalue weighted by Gasteiger charge is 2.50. The lowest BCUT2D eigenvalue weighted by molar-refractivity contribution is -0.301. The van der Waals surface area contributed by atoms with Gasteiger partial charge in [0.1, 0.15) is 18.8 Å². The Morgan fingerprint density at radius 3 is 1.83 bits per heavy atom. The highest BCUT2D eigenvalue weighted by Crippen LogP contribution is 2.29. The maximum atomic E-state index is 13.4. The molecule has 1 heterocycles. The van der Waals surface area contributed by atoms with Crippen LogP contribution in [0.3, 0.4) is 0 Å². The molecular formula is C41H45NO10. The number of carbonyl (C=O) groups is 3. The van der Waals surface area contributed by atoms with Crippen LogP contribution in [0.1, 0.15) is 51.6 Å². The third kappa shape index (κ3) is 11.2. The summed E-state index contributed by atoms with van der Waals surface area (Å²) < 4.78 is 35.7. The first-order valence-corrected chi connectivity index (χ1v) is 17.5. The second-order valence-electron chi connectivity index (χ2n) is 12.3. The van der Waals surface area contributed by atoms with Gasteiger partial charge in [0.2, 0.25) is 0 Å². The van der Waals surface area contributed by atoms with E-state index in [0.29, 0.717) is 6.61 Å². The molecule has 0 bridgehead atoms. The van der Waals surface area contributed by atoms with Gasteiger partial charge in [-0.25, -0.2) is 14.4 Å². The minimum Gasteiger partial charge on any atom is -0.452 e. The van der Waals surface area contributed by atoms with Crippen LogP contribution in [0.15, 0.2) is 121 Å². The van der Waals surface area contributed by atoms with Gasteiger partial charge in [0.15, 0.2) is 18.5 Å². The van der Waals surface area contributed by atoms with Crippen LogP contribution in [-0.2, 0) is 41.6 Å². The zero-order chi connectivity index (χ0) is 36.5. The molecular weight excluding hydrogens is 666 g/mol. The Bertz CT molecular complexity index is 1660. The highest BCUT2D eigenvalue weighted by molar-refractivity contribution is 5.90. The van der Waals surface area contributed by atoms with E-state index in [0.717, 1.165) is 24.0 Å². The number of unbranched alkanes of at least 4 members (excludes halogenated alkanes) is 1. The van der Waals surface area contributed by atoms with Crippen molar-refractivity contribution in [3.05, 3.63) is 144 Å². The van der Waals surface area contributed by atoms with Crippen LogP contribution >= 0.6 is 0 Å². The Morgan fingerprint density at radius 2 is 1.25 bits per heavy atom. The van der Waals surface area contributed by atoms with Gasteiger partial charge >= 0.3 is 18.0 Å². The van der Waals surface area contributed by atoms with Crippen molar-refractivity contribution in [1.29, 1.82) is 0 Å². The molecule has 4 aromatic carbocycles. The molecule has 1 aliphatic rings. The lowest BCUT2D eigenvalue weighted by atomic mass is 9.98. The third-order valence-electron chi connectivity index (χ3n) is 8.37. The van der Waals surface area contributed by atoms with Crippen molar-refractivity contribution < 1.29 is 47.9 Å². The number of hydrogen-bond acceptors (Lipinski definition) is 10. The van der Waals surface area contributed by atoms with Gasteiger partial charge in [0.05, 0.1) is 24.3 Å². The van der Waals surface area contributed by atoms with Crippen molar-refractivity contribution in [3.8, 4) is 0 Å². The Hall–Kier alpha value is -5.07. The average Bonchev–Trinajstić information content (AvgIpc) is 3.19. The second-order valence-corrected chi connectivity index (χ2v) is 12.3. The van der Waals surface area contributed by atoms with Crippen molar-refractivity contribution in [2.75, 3.05) is 26.4 Å². The first-order chi connectivity index (χ1) is 25.4.